The lowest BCUT2D eigenvalue weighted by molar-refractivity contribution is 0.0487. The van der Waals surface area contributed by atoms with Crippen LogP contribution in [0.3, 0.4) is 0 Å². The van der Waals surface area contributed by atoms with Gasteiger partial charge >= 0.3 is 0 Å². The second-order valence-electron chi connectivity index (χ2n) is 4.99. The molecule has 132 valence electrons. The summed E-state index contributed by atoms with van der Waals surface area (Å²) in [5.74, 6) is 2.00. The highest BCUT2D eigenvalue weighted by molar-refractivity contribution is 5.79. The van der Waals surface area contributed by atoms with Crippen LogP contribution in [0.5, 0.6) is 0 Å². The third kappa shape index (κ3) is 9.85. The molecule has 2 N–H and O–H groups in total. The SMILES string of the molecule is CCCCOCCOCCNC(=NC)NCCc1nc(C)no1. The molecular formula is C15H29N5O3. The largest absolute Gasteiger partial charge is 0.379 e. The summed E-state index contributed by atoms with van der Waals surface area (Å²) in [6, 6.07) is 0. The van der Waals surface area contributed by atoms with E-state index in [4.69, 9.17) is 14.0 Å². The molecule has 0 saturated carbocycles. The lowest BCUT2D eigenvalue weighted by Gasteiger charge is -2.11. The predicted molar refractivity (Wildman–Crippen MR) is 88.6 cm³/mol. The number of rotatable bonds is 12. The van der Waals surface area contributed by atoms with Crippen molar-refractivity contribution < 1.29 is 14.0 Å². The Morgan fingerprint density at radius 3 is 2.52 bits per heavy atom. The first-order valence-electron chi connectivity index (χ1n) is 8.15. The van der Waals surface area contributed by atoms with Gasteiger partial charge in [-0.25, -0.2) is 0 Å². The van der Waals surface area contributed by atoms with E-state index in [1.54, 1.807) is 14.0 Å². The van der Waals surface area contributed by atoms with Crippen molar-refractivity contribution in [2.75, 3.05) is 46.6 Å². The Balaban J connectivity index is 1.97. The standard InChI is InChI=1S/C15H29N5O3/c1-4-5-9-21-11-12-22-10-8-18-15(16-3)17-7-6-14-19-13(2)20-23-14/h4-12H2,1-3H3,(H2,16,17,18). The number of unbranched alkanes of at least 4 members (excludes halogenated alkanes) is 1. The minimum absolute atomic E-state index is 0.612. The summed E-state index contributed by atoms with van der Waals surface area (Å²) in [5.41, 5.74) is 0. The normalized spacial score (nSPS) is 11.7. The van der Waals surface area contributed by atoms with Crippen LogP contribution in [0, 0.1) is 6.92 Å². The maximum Gasteiger partial charge on any atom is 0.228 e. The number of nitrogens with one attached hydrogen (secondary N) is 2. The Morgan fingerprint density at radius 1 is 1.13 bits per heavy atom. The maximum atomic E-state index is 5.48. The average Bonchev–Trinajstić information content (AvgIpc) is 2.97. The molecule has 1 aromatic heterocycles. The summed E-state index contributed by atoms with van der Waals surface area (Å²) in [6.45, 7) is 8.01. The molecule has 0 saturated heterocycles. The molecule has 0 aliphatic heterocycles. The fourth-order valence-electron chi connectivity index (χ4n) is 1.76. The quantitative estimate of drug-likeness (QED) is 0.335. The Morgan fingerprint density at radius 2 is 1.87 bits per heavy atom. The fraction of sp³-hybridized carbons (Fsp3) is 0.800. The van der Waals surface area contributed by atoms with Gasteiger partial charge in [0.2, 0.25) is 5.89 Å². The van der Waals surface area contributed by atoms with E-state index in [1.165, 1.54) is 0 Å². The number of guanidine groups is 1. The van der Waals surface area contributed by atoms with Crippen LogP contribution < -0.4 is 10.6 Å². The minimum atomic E-state index is 0.612. The van der Waals surface area contributed by atoms with Crippen LogP contribution in [0.1, 0.15) is 31.5 Å². The number of nitrogens with zero attached hydrogens (tertiary/aromatic N) is 3. The zero-order chi connectivity index (χ0) is 16.8. The first-order chi connectivity index (χ1) is 11.3. The van der Waals surface area contributed by atoms with Crippen LogP contribution in [0.15, 0.2) is 9.52 Å². The van der Waals surface area contributed by atoms with Crippen molar-refractivity contribution in [1.82, 2.24) is 20.8 Å². The highest BCUT2D eigenvalue weighted by Gasteiger charge is 2.03. The molecular weight excluding hydrogens is 298 g/mol. The summed E-state index contributed by atoms with van der Waals surface area (Å²) in [4.78, 5) is 8.29. The van der Waals surface area contributed by atoms with E-state index in [1.807, 2.05) is 0 Å². The Kier molecular flexibility index (Phi) is 10.8. The topological polar surface area (TPSA) is 93.8 Å². The van der Waals surface area contributed by atoms with Crippen LogP contribution in [0.2, 0.25) is 0 Å². The summed E-state index contributed by atoms with van der Waals surface area (Å²) in [7, 11) is 1.73. The lowest BCUT2D eigenvalue weighted by atomic mass is 10.4. The van der Waals surface area contributed by atoms with Crippen LogP contribution in [0.4, 0.5) is 0 Å². The maximum absolute atomic E-state index is 5.48. The van der Waals surface area contributed by atoms with Crippen molar-refractivity contribution in [2.45, 2.75) is 33.1 Å². The number of hydrogen-bond acceptors (Lipinski definition) is 6. The molecule has 0 unspecified atom stereocenters. The molecule has 0 aliphatic carbocycles. The number of aryl methyl sites for hydroxylation is 1. The second-order valence-corrected chi connectivity index (χ2v) is 4.99. The zero-order valence-corrected chi connectivity index (χ0v) is 14.4. The molecule has 8 nitrogen and oxygen atoms in total. The Hall–Kier alpha value is -1.67. The van der Waals surface area contributed by atoms with Crippen molar-refractivity contribution in [3.8, 4) is 0 Å². The molecule has 0 radical (unpaired) electrons. The Labute approximate surface area is 138 Å². The minimum Gasteiger partial charge on any atom is -0.379 e. The van der Waals surface area contributed by atoms with E-state index in [9.17, 15) is 0 Å². The predicted octanol–water partition coefficient (Wildman–Crippen LogP) is 0.919. The summed E-state index contributed by atoms with van der Waals surface area (Å²) in [6.07, 6.45) is 2.92. The van der Waals surface area contributed by atoms with E-state index >= 15 is 0 Å². The van der Waals surface area contributed by atoms with Crippen LogP contribution in [-0.4, -0.2) is 62.7 Å². The van der Waals surface area contributed by atoms with Crippen molar-refractivity contribution in [2.24, 2.45) is 4.99 Å². The van der Waals surface area contributed by atoms with Gasteiger partial charge in [0.1, 0.15) is 0 Å². The number of ether oxygens (including phenoxy) is 2. The first-order valence-corrected chi connectivity index (χ1v) is 8.15. The highest BCUT2D eigenvalue weighted by Crippen LogP contribution is 1.95. The van der Waals surface area contributed by atoms with Gasteiger partial charge < -0.3 is 24.6 Å². The van der Waals surface area contributed by atoms with Gasteiger partial charge in [-0.3, -0.25) is 4.99 Å². The van der Waals surface area contributed by atoms with Gasteiger partial charge in [0.05, 0.1) is 19.8 Å². The molecule has 0 aromatic carbocycles. The van der Waals surface area contributed by atoms with E-state index in [2.05, 4.69) is 32.7 Å². The summed E-state index contributed by atoms with van der Waals surface area (Å²) in [5, 5.41) is 10.1. The van der Waals surface area contributed by atoms with Crippen molar-refractivity contribution in [3.05, 3.63) is 11.7 Å². The summed E-state index contributed by atoms with van der Waals surface area (Å²) < 4.78 is 15.9. The van der Waals surface area contributed by atoms with E-state index in [0.29, 0.717) is 51.0 Å². The number of aliphatic imine (C=N–C) groups is 1. The summed E-state index contributed by atoms with van der Waals surface area (Å²) >= 11 is 0. The lowest BCUT2D eigenvalue weighted by Crippen LogP contribution is -2.39. The Bertz CT molecular complexity index is 437. The number of aromatic nitrogens is 2. The molecule has 1 aromatic rings. The third-order valence-corrected chi connectivity index (χ3v) is 2.98. The van der Waals surface area contributed by atoms with Gasteiger partial charge in [-0.05, 0) is 13.3 Å². The molecule has 23 heavy (non-hydrogen) atoms. The molecule has 0 aliphatic rings. The van der Waals surface area contributed by atoms with Gasteiger partial charge in [0.15, 0.2) is 11.8 Å². The molecule has 8 heteroatoms. The van der Waals surface area contributed by atoms with Gasteiger partial charge in [0, 0.05) is 33.2 Å². The van der Waals surface area contributed by atoms with Gasteiger partial charge in [-0.2, -0.15) is 4.98 Å². The smallest absolute Gasteiger partial charge is 0.228 e. The van der Waals surface area contributed by atoms with Gasteiger partial charge in [-0.15, -0.1) is 0 Å². The van der Waals surface area contributed by atoms with Gasteiger partial charge in [-0.1, -0.05) is 18.5 Å². The fourth-order valence-corrected chi connectivity index (χ4v) is 1.76. The molecule has 0 atom stereocenters. The monoisotopic (exact) mass is 327 g/mol. The zero-order valence-electron chi connectivity index (χ0n) is 14.4. The van der Waals surface area contributed by atoms with Crippen molar-refractivity contribution >= 4 is 5.96 Å². The molecule has 0 amide bonds. The average molecular weight is 327 g/mol. The molecule has 0 spiro atoms. The number of hydrogen-bond donors (Lipinski definition) is 2. The molecule has 1 heterocycles. The van der Waals surface area contributed by atoms with Crippen LogP contribution >= 0.6 is 0 Å². The van der Waals surface area contributed by atoms with Crippen molar-refractivity contribution in [1.29, 1.82) is 0 Å². The van der Waals surface area contributed by atoms with E-state index in [-0.39, 0.29) is 0 Å². The van der Waals surface area contributed by atoms with Crippen LogP contribution in [0.25, 0.3) is 0 Å². The van der Waals surface area contributed by atoms with E-state index < -0.39 is 0 Å². The van der Waals surface area contributed by atoms with Crippen LogP contribution in [-0.2, 0) is 15.9 Å². The molecule has 0 fully saturated rings. The highest BCUT2D eigenvalue weighted by atomic mass is 16.5. The third-order valence-electron chi connectivity index (χ3n) is 2.98. The molecule has 1 rings (SSSR count). The van der Waals surface area contributed by atoms with E-state index in [0.717, 1.165) is 25.4 Å². The van der Waals surface area contributed by atoms with Gasteiger partial charge in [0.25, 0.3) is 0 Å². The second kappa shape index (κ2) is 12.8. The first kappa shape index (κ1) is 19.4. The molecule has 0 bridgehead atoms. The van der Waals surface area contributed by atoms with Crippen molar-refractivity contribution in [3.63, 3.8) is 0 Å².